The van der Waals surface area contributed by atoms with Crippen LogP contribution < -0.4 is 0 Å². The summed E-state index contributed by atoms with van der Waals surface area (Å²) in [6, 6.07) is 8.24. The van der Waals surface area contributed by atoms with E-state index in [4.69, 9.17) is 4.74 Å². The summed E-state index contributed by atoms with van der Waals surface area (Å²) < 4.78 is 5.93. The van der Waals surface area contributed by atoms with E-state index in [-0.39, 0.29) is 12.0 Å². The van der Waals surface area contributed by atoms with Gasteiger partial charge in [-0.2, -0.15) is 0 Å². The van der Waals surface area contributed by atoms with Crippen molar-refractivity contribution < 1.29 is 9.53 Å². The Morgan fingerprint density at radius 1 is 1.33 bits per heavy atom. The Labute approximate surface area is 147 Å². The maximum atomic E-state index is 12.6. The van der Waals surface area contributed by atoms with E-state index >= 15 is 0 Å². The Bertz CT molecular complexity index is 733. The summed E-state index contributed by atoms with van der Waals surface area (Å²) in [5, 5.41) is 1.03. The minimum Gasteiger partial charge on any atom is -0.370 e. The lowest BCUT2D eigenvalue weighted by atomic mass is 10.1. The second-order valence-electron chi connectivity index (χ2n) is 6.69. The van der Waals surface area contributed by atoms with Crippen LogP contribution in [0.5, 0.6) is 0 Å². The molecule has 1 amide bonds. The first-order valence-electron chi connectivity index (χ1n) is 8.38. The van der Waals surface area contributed by atoms with Crippen LogP contribution in [-0.2, 0) is 11.3 Å². The topological polar surface area (TPSA) is 42.4 Å². The van der Waals surface area contributed by atoms with Gasteiger partial charge in [-0.1, -0.05) is 38.1 Å². The second kappa shape index (κ2) is 7.03. The molecule has 24 heavy (non-hydrogen) atoms. The number of hydrogen-bond donors (Lipinski definition) is 0. The van der Waals surface area contributed by atoms with Gasteiger partial charge in [0.05, 0.1) is 23.4 Å². The highest BCUT2D eigenvalue weighted by Crippen LogP contribution is 2.27. The first-order valence-corrected chi connectivity index (χ1v) is 9.20. The minimum atomic E-state index is 0.0904. The molecule has 0 radical (unpaired) electrons. The summed E-state index contributed by atoms with van der Waals surface area (Å²) in [5.74, 6) is 0.449. The molecule has 0 atom stereocenters. The zero-order valence-electron chi connectivity index (χ0n) is 14.7. The Hall–Kier alpha value is -1.72. The smallest absolute Gasteiger partial charge is 0.266 e. The van der Waals surface area contributed by atoms with Crippen molar-refractivity contribution in [3.63, 3.8) is 0 Å². The molecule has 0 unspecified atom stereocenters. The van der Waals surface area contributed by atoms with Gasteiger partial charge in [0.25, 0.3) is 5.91 Å². The van der Waals surface area contributed by atoms with Crippen LogP contribution in [0.25, 0.3) is 0 Å². The van der Waals surface area contributed by atoms with Gasteiger partial charge in [-0.3, -0.25) is 4.79 Å². The van der Waals surface area contributed by atoms with Gasteiger partial charge in [-0.05, 0) is 25.0 Å². The molecule has 1 saturated heterocycles. The van der Waals surface area contributed by atoms with Crippen LogP contribution in [0.3, 0.4) is 0 Å². The zero-order chi connectivity index (χ0) is 17.3. The zero-order valence-corrected chi connectivity index (χ0v) is 15.5. The number of nitrogens with zero attached hydrogens (tertiary/aromatic N) is 2. The molecule has 1 aromatic carbocycles. The lowest BCUT2D eigenvalue weighted by molar-refractivity contribution is -0.0503. The number of aromatic nitrogens is 1. The Balaban J connectivity index is 1.53. The number of thiazole rings is 1. The number of likely N-dealkylation sites (tertiary alicyclic amines) is 1. The lowest BCUT2D eigenvalue weighted by Gasteiger charge is -2.38. The van der Waals surface area contributed by atoms with Crippen molar-refractivity contribution in [1.29, 1.82) is 0 Å². The van der Waals surface area contributed by atoms with Crippen LogP contribution in [-0.4, -0.2) is 35.0 Å². The Kier molecular flexibility index (Phi) is 5.01. The van der Waals surface area contributed by atoms with Gasteiger partial charge < -0.3 is 9.64 Å². The summed E-state index contributed by atoms with van der Waals surface area (Å²) in [6.45, 7) is 10.2. The average molecular weight is 344 g/mol. The van der Waals surface area contributed by atoms with Crippen molar-refractivity contribution in [2.45, 2.75) is 46.3 Å². The van der Waals surface area contributed by atoms with E-state index in [9.17, 15) is 4.79 Å². The van der Waals surface area contributed by atoms with Gasteiger partial charge in [0.1, 0.15) is 4.88 Å². The molecule has 128 valence electrons. The normalized spacial score (nSPS) is 15.0. The van der Waals surface area contributed by atoms with Crippen LogP contribution in [0.2, 0.25) is 0 Å². The summed E-state index contributed by atoms with van der Waals surface area (Å²) in [5.41, 5.74) is 3.30. The van der Waals surface area contributed by atoms with Gasteiger partial charge >= 0.3 is 0 Å². The lowest BCUT2D eigenvalue weighted by Crippen LogP contribution is -2.54. The first-order chi connectivity index (χ1) is 11.5. The maximum Gasteiger partial charge on any atom is 0.266 e. The molecule has 0 aliphatic carbocycles. The number of rotatable bonds is 5. The molecular formula is C19H24N2O2S. The van der Waals surface area contributed by atoms with Crippen LogP contribution in [0.4, 0.5) is 0 Å². The molecule has 0 spiro atoms. The number of ether oxygens (including phenoxy) is 1. The fourth-order valence-electron chi connectivity index (χ4n) is 2.70. The van der Waals surface area contributed by atoms with E-state index in [2.05, 4.69) is 37.9 Å². The monoisotopic (exact) mass is 344 g/mol. The molecule has 4 nitrogen and oxygen atoms in total. The Morgan fingerprint density at radius 2 is 2.04 bits per heavy atom. The van der Waals surface area contributed by atoms with Gasteiger partial charge in [0.2, 0.25) is 0 Å². The molecule has 1 aromatic heterocycles. The maximum absolute atomic E-state index is 12.6. The van der Waals surface area contributed by atoms with E-state index in [1.54, 1.807) is 0 Å². The molecule has 2 heterocycles. The van der Waals surface area contributed by atoms with Crippen molar-refractivity contribution in [3.8, 4) is 0 Å². The second-order valence-corrected chi connectivity index (χ2v) is 7.72. The molecule has 0 bridgehead atoms. The minimum absolute atomic E-state index is 0.0904. The fraction of sp³-hybridized carbons (Fsp3) is 0.474. The summed E-state index contributed by atoms with van der Waals surface area (Å²) in [4.78, 5) is 19.7. The summed E-state index contributed by atoms with van der Waals surface area (Å²) >= 11 is 1.52. The molecule has 2 aromatic rings. The highest BCUT2D eigenvalue weighted by Gasteiger charge is 2.33. The molecule has 0 saturated carbocycles. The van der Waals surface area contributed by atoms with E-state index in [1.165, 1.54) is 22.5 Å². The number of carbonyl (C=O) groups is 1. The van der Waals surface area contributed by atoms with Crippen molar-refractivity contribution in [2.75, 3.05) is 13.1 Å². The van der Waals surface area contributed by atoms with Gasteiger partial charge in [0.15, 0.2) is 0 Å². The number of hydrogen-bond acceptors (Lipinski definition) is 4. The quantitative estimate of drug-likeness (QED) is 0.825. The van der Waals surface area contributed by atoms with Gasteiger partial charge in [-0.25, -0.2) is 4.98 Å². The summed E-state index contributed by atoms with van der Waals surface area (Å²) in [7, 11) is 0. The highest BCUT2D eigenvalue weighted by atomic mass is 32.1. The number of amides is 1. The average Bonchev–Trinajstić information content (AvgIpc) is 2.89. The third-order valence-corrected chi connectivity index (χ3v) is 5.82. The highest BCUT2D eigenvalue weighted by molar-refractivity contribution is 7.13. The number of aryl methyl sites for hydroxylation is 2. The number of benzene rings is 1. The molecular weight excluding hydrogens is 320 g/mol. The van der Waals surface area contributed by atoms with Crippen molar-refractivity contribution in [3.05, 3.63) is 51.0 Å². The summed E-state index contributed by atoms with van der Waals surface area (Å²) in [6.07, 6.45) is 0.131. The predicted octanol–water partition coefficient (Wildman–Crippen LogP) is 3.92. The van der Waals surface area contributed by atoms with Crippen LogP contribution in [0.15, 0.2) is 24.3 Å². The van der Waals surface area contributed by atoms with Crippen molar-refractivity contribution in [1.82, 2.24) is 9.88 Å². The van der Waals surface area contributed by atoms with Gasteiger partial charge in [-0.15, -0.1) is 11.3 Å². The van der Waals surface area contributed by atoms with E-state index in [0.717, 1.165) is 15.6 Å². The first kappa shape index (κ1) is 17.1. The largest absolute Gasteiger partial charge is 0.370 e. The SMILES string of the molecule is Cc1ccccc1COC1CN(C(=O)c2sc(C(C)C)nc2C)C1. The Morgan fingerprint density at radius 3 is 2.67 bits per heavy atom. The van der Waals surface area contributed by atoms with Crippen LogP contribution in [0, 0.1) is 13.8 Å². The van der Waals surface area contributed by atoms with Crippen LogP contribution >= 0.6 is 11.3 Å². The van der Waals surface area contributed by atoms with Crippen molar-refractivity contribution >= 4 is 17.2 Å². The fourth-order valence-corrected chi connectivity index (χ4v) is 3.73. The molecule has 0 N–H and O–H groups in total. The third kappa shape index (κ3) is 3.52. The van der Waals surface area contributed by atoms with E-state index < -0.39 is 0 Å². The molecule has 1 aliphatic heterocycles. The third-order valence-electron chi connectivity index (χ3n) is 4.37. The standard InChI is InChI=1S/C19H24N2O2S/c1-12(2)18-20-14(4)17(24-18)19(22)21-9-16(10-21)23-11-15-8-6-5-7-13(15)3/h5-8,12,16H,9-11H2,1-4H3. The van der Waals surface area contributed by atoms with Crippen LogP contribution in [0.1, 0.15) is 51.3 Å². The predicted molar refractivity (Wildman–Crippen MR) is 96.6 cm³/mol. The molecule has 3 rings (SSSR count). The van der Waals surface area contributed by atoms with Crippen molar-refractivity contribution in [2.24, 2.45) is 0 Å². The number of carbonyl (C=O) groups excluding carboxylic acids is 1. The van der Waals surface area contributed by atoms with Gasteiger partial charge in [0, 0.05) is 19.0 Å². The molecule has 1 fully saturated rings. The molecule has 1 aliphatic rings. The van der Waals surface area contributed by atoms with E-state index in [0.29, 0.717) is 25.6 Å². The van der Waals surface area contributed by atoms with E-state index in [1.807, 2.05) is 24.0 Å². The molecule has 5 heteroatoms.